The predicted molar refractivity (Wildman–Crippen MR) is 73.0 cm³/mol. The van der Waals surface area contributed by atoms with Crippen LogP contribution < -0.4 is 0 Å². The van der Waals surface area contributed by atoms with Gasteiger partial charge in [0, 0.05) is 18.3 Å². The summed E-state index contributed by atoms with van der Waals surface area (Å²) >= 11 is 5.80. The highest BCUT2D eigenvalue weighted by Gasteiger charge is 2.19. The van der Waals surface area contributed by atoms with Gasteiger partial charge in [0.2, 0.25) is 0 Å². The van der Waals surface area contributed by atoms with Crippen molar-refractivity contribution in [2.24, 2.45) is 0 Å². The summed E-state index contributed by atoms with van der Waals surface area (Å²) in [5, 5.41) is 0. The van der Waals surface area contributed by atoms with Gasteiger partial charge in [-0.2, -0.15) is 0 Å². The summed E-state index contributed by atoms with van der Waals surface area (Å²) in [4.78, 5) is 8.38. The predicted octanol–water partition coefficient (Wildman–Crippen LogP) is 3.89. The molecule has 0 aliphatic rings. The van der Waals surface area contributed by atoms with Crippen LogP contribution in [0.3, 0.4) is 0 Å². The van der Waals surface area contributed by atoms with Gasteiger partial charge in [-0.1, -0.05) is 0 Å². The molecule has 2 aromatic heterocycles. The molecule has 0 radical (unpaired) electrons. The van der Waals surface area contributed by atoms with Gasteiger partial charge >= 0.3 is 0 Å². The fraction of sp³-hybridized carbons (Fsp3) is 0.143. The minimum absolute atomic E-state index is 0.0486. The molecule has 3 rings (SSSR count). The van der Waals surface area contributed by atoms with Gasteiger partial charge in [0.1, 0.15) is 17.2 Å². The van der Waals surface area contributed by atoms with E-state index in [2.05, 4.69) is 9.97 Å². The Balaban J connectivity index is 2.39. The molecule has 3 aromatic rings. The van der Waals surface area contributed by atoms with Crippen LogP contribution >= 0.6 is 11.6 Å². The zero-order valence-electron chi connectivity index (χ0n) is 10.9. The van der Waals surface area contributed by atoms with Gasteiger partial charge in [0.05, 0.1) is 11.6 Å². The molecule has 0 fully saturated rings. The summed E-state index contributed by atoms with van der Waals surface area (Å²) in [5.74, 6) is -3.14. The van der Waals surface area contributed by atoms with Crippen molar-refractivity contribution in [3.05, 3.63) is 53.2 Å². The molecule has 0 unspecified atom stereocenters. The van der Waals surface area contributed by atoms with Crippen LogP contribution in [0.15, 0.2) is 24.4 Å². The molecule has 0 bridgehead atoms. The Morgan fingerprint density at radius 3 is 2.67 bits per heavy atom. The van der Waals surface area contributed by atoms with Crippen LogP contribution in [-0.4, -0.2) is 14.5 Å². The molecule has 0 N–H and O–H groups in total. The lowest BCUT2D eigenvalue weighted by Crippen LogP contribution is -2.05. The molecule has 21 heavy (non-hydrogen) atoms. The molecule has 3 nitrogen and oxygen atoms in total. The van der Waals surface area contributed by atoms with E-state index in [1.807, 2.05) is 6.92 Å². The standard InChI is InChI=1S/C14H9ClF3N3/c1-7-2-10-14(19-6-7)21(12(5-15)20-10)11-4-8(16)3-9(17)13(11)18/h2-4,6H,5H2,1H3. The van der Waals surface area contributed by atoms with Gasteiger partial charge in [-0.3, -0.25) is 4.57 Å². The highest BCUT2D eigenvalue weighted by molar-refractivity contribution is 6.16. The smallest absolute Gasteiger partial charge is 0.183 e. The fourth-order valence-corrected chi connectivity index (χ4v) is 2.34. The molecule has 1 aromatic carbocycles. The van der Waals surface area contributed by atoms with Crippen LogP contribution in [0.2, 0.25) is 0 Å². The quantitative estimate of drug-likeness (QED) is 0.531. The second-order valence-electron chi connectivity index (χ2n) is 4.57. The third-order valence-corrected chi connectivity index (χ3v) is 3.28. The van der Waals surface area contributed by atoms with Crippen molar-refractivity contribution in [3.63, 3.8) is 0 Å². The zero-order chi connectivity index (χ0) is 15.1. The van der Waals surface area contributed by atoms with Gasteiger partial charge in [-0.15, -0.1) is 11.6 Å². The van der Waals surface area contributed by atoms with Crippen molar-refractivity contribution in [3.8, 4) is 5.69 Å². The number of pyridine rings is 1. The summed E-state index contributed by atoms with van der Waals surface area (Å²) < 4.78 is 42.1. The van der Waals surface area contributed by atoms with E-state index in [1.54, 1.807) is 12.3 Å². The van der Waals surface area contributed by atoms with Gasteiger partial charge in [0.15, 0.2) is 17.3 Å². The first-order chi connectivity index (χ1) is 10.0. The van der Waals surface area contributed by atoms with Gasteiger partial charge in [-0.25, -0.2) is 23.1 Å². The summed E-state index contributed by atoms with van der Waals surface area (Å²) in [7, 11) is 0. The van der Waals surface area contributed by atoms with E-state index in [9.17, 15) is 13.2 Å². The lowest BCUT2D eigenvalue weighted by Gasteiger charge is -2.09. The maximum absolute atomic E-state index is 14.0. The summed E-state index contributed by atoms with van der Waals surface area (Å²) in [6.45, 7) is 1.83. The molecule has 0 aliphatic carbocycles. The third-order valence-electron chi connectivity index (χ3n) is 3.04. The van der Waals surface area contributed by atoms with Crippen molar-refractivity contribution in [1.82, 2.24) is 14.5 Å². The number of fused-ring (bicyclic) bond motifs is 1. The molecule has 7 heteroatoms. The maximum Gasteiger partial charge on any atom is 0.183 e. The third kappa shape index (κ3) is 2.25. The molecule has 108 valence electrons. The monoisotopic (exact) mass is 311 g/mol. The number of nitrogens with zero attached hydrogens (tertiary/aromatic N) is 3. The zero-order valence-corrected chi connectivity index (χ0v) is 11.6. The van der Waals surface area contributed by atoms with E-state index >= 15 is 0 Å². The number of halogens is 4. The molecule has 0 saturated carbocycles. The number of imidazole rings is 1. The molecular weight excluding hydrogens is 303 g/mol. The van der Waals surface area contributed by atoms with E-state index in [0.717, 1.165) is 11.6 Å². The average Bonchev–Trinajstić information content (AvgIpc) is 2.80. The largest absolute Gasteiger partial charge is 0.276 e. The van der Waals surface area contributed by atoms with Gasteiger partial charge in [0.25, 0.3) is 0 Å². The van der Waals surface area contributed by atoms with E-state index in [-0.39, 0.29) is 17.4 Å². The Bertz CT molecular complexity index is 845. The number of benzene rings is 1. The van der Waals surface area contributed by atoms with Crippen LogP contribution in [0, 0.1) is 24.4 Å². The molecule has 0 spiro atoms. The van der Waals surface area contributed by atoms with Crippen molar-refractivity contribution < 1.29 is 13.2 Å². The number of aromatic nitrogens is 3. The Hall–Kier alpha value is -2.08. The Morgan fingerprint density at radius 1 is 1.19 bits per heavy atom. The van der Waals surface area contributed by atoms with E-state index in [4.69, 9.17) is 11.6 Å². The first-order valence-corrected chi connectivity index (χ1v) is 6.59. The number of rotatable bonds is 2. The van der Waals surface area contributed by atoms with Crippen LogP contribution in [0.25, 0.3) is 16.9 Å². The highest BCUT2D eigenvalue weighted by atomic mass is 35.5. The molecular formula is C14H9ClF3N3. The SMILES string of the molecule is Cc1cnc2c(c1)nc(CCl)n2-c1cc(F)cc(F)c1F. The lowest BCUT2D eigenvalue weighted by molar-refractivity contribution is 0.490. The molecule has 2 heterocycles. The van der Waals surface area contributed by atoms with E-state index in [1.165, 1.54) is 4.57 Å². The van der Waals surface area contributed by atoms with Crippen LogP contribution in [-0.2, 0) is 5.88 Å². The fourth-order valence-electron chi connectivity index (χ4n) is 2.16. The van der Waals surface area contributed by atoms with Crippen LogP contribution in [0.5, 0.6) is 0 Å². The lowest BCUT2D eigenvalue weighted by atomic mass is 10.2. The molecule has 0 atom stereocenters. The topological polar surface area (TPSA) is 30.7 Å². The minimum atomic E-state index is -1.28. The molecule has 0 amide bonds. The Morgan fingerprint density at radius 2 is 1.95 bits per heavy atom. The van der Waals surface area contributed by atoms with E-state index in [0.29, 0.717) is 17.2 Å². The second-order valence-corrected chi connectivity index (χ2v) is 4.84. The first-order valence-electron chi connectivity index (χ1n) is 6.06. The number of alkyl halides is 1. The first kappa shape index (κ1) is 13.9. The maximum atomic E-state index is 14.0. The van der Waals surface area contributed by atoms with Crippen LogP contribution in [0.1, 0.15) is 11.4 Å². The van der Waals surface area contributed by atoms with Gasteiger partial charge in [-0.05, 0) is 18.6 Å². The van der Waals surface area contributed by atoms with Crippen molar-refractivity contribution in [2.45, 2.75) is 12.8 Å². The summed E-state index contributed by atoms with van der Waals surface area (Å²) in [5.41, 5.74) is 1.33. The average molecular weight is 312 g/mol. The summed E-state index contributed by atoms with van der Waals surface area (Å²) in [6.07, 6.45) is 1.56. The molecule has 0 aliphatic heterocycles. The van der Waals surface area contributed by atoms with Crippen molar-refractivity contribution in [1.29, 1.82) is 0 Å². The van der Waals surface area contributed by atoms with Crippen molar-refractivity contribution in [2.75, 3.05) is 0 Å². The Kier molecular flexibility index (Phi) is 3.33. The van der Waals surface area contributed by atoms with Gasteiger partial charge < -0.3 is 0 Å². The number of aryl methyl sites for hydroxylation is 1. The minimum Gasteiger partial charge on any atom is -0.276 e. The van der Waals surface area contributed by atoms with E-state index < -0.39 is 17.5 Å². The Labute approximate surface area is 123 Å². The number of hydrogen-bond acceptors (Lipinski definition) is 2. The van der Waals surface area contributed by atoms with Crippen LogP contribution in [0.4, 0.5) is 13.2 Å². The highest BCUT2D eigenvalue weighted by Crippen LogP contribution is 2.25. The normalized spacial score (nSPS) is 11.3. The summed E-state index contributed by atoms with van der Waals surface area (Å²) in [6, 6.07) is 3.11. The number of hydrogen-bond donors (Lipinski definition) is 0. The van der Waals surface area contributed by atoms with Crippen molar-refractivity contribution >= 4 is 22.8 Å². The second kappa shape index (κ2) is 5.04. The molecule has 0 saturated heterocycles.